The van der Waals surface area contributed by atoms with Crippen molar-refractivity contribution in [2.75, 3.05) is 26.2 Å². The molecule has 0 radical (unpaired) electrons. The fourth-order valence-electron chi connectivity index (χ4n) is 4.39. The van der Waals surface area contributed by atoms with Crippen LogP contribution in [0.5, 0.6) is 0 Å². The van der Waals surface area contributed by atoms with Crippen LogP contribution in [0.2, 0.25) is 0 Å². The van der Waals surface area contributed by atoms with E-state index < -0.39 is 0 Å². The molecule has 1 unspecified atom stereocenters. The Morgan fingerprint density at radius 1 is 0.939 bits per heavy atom. The molecule has 0 aliphatic carbocycles. The molecule has 1 aliphatic heterocycles. The lowest BCUT2D eigenvalue weighted by Gasteiger charge is -2.23. The number of pyridine rings is 1. The molecule has 1 atom stereocenters. The smallest absolute Gasteiger partial charge is 0.227 e. The zero-order chi connectivity index (χ0) is 23.2. The number of amides is 1. The van der Waals surface area contributed by atoms with Gasteiger partial charge in [-0.1, -0.05) is 38.1 Å². The number of hydrogen-bond donors (Lipinski definition) is 0. The predicted octanol–water partition coefficient (Wildman–Crippen LogP) is 4.19. The SMILES string of the molecule is CCN1CCN(Cc2cnc(C(C)C)nc2)CC(Cc2ccc(-c3ccncc3)cc2)C1=O. The van der Waals surface area contributed by atoms with Crippen LogP contribution in [0.1, 0.15) is 43.6 Å². The van der Waals surface area contributed by atoms with E-state index in [4.69, 9.17) is 0 Å². The molecule has 6 heteroatoms. The number of nitrogens with zero attached hydrogens (tertiary/aromatic N) is 5. The summed E-state index contributed by atoms with van der Waals surface area (Å²) in [6.45, 7) is 10.1. The van der Waals surface area contributed by atoms with Crippen molar-refractivity contribution in [2.24, 2.45) is 5.92 Å². The van der Waals surface area contributed by atoms with Crippen LogP contribution in [0.4, 0.5) is 0 Å². The Kier molecular flexibility index (Phi) is 7.45. The second-order valence-electron chi connectivity index (χ2n) is 9.09. The van der Waals surface area contributed by atoms with Gasteiger partial charge < -0.3 is 4.90 Å². The minimum atomic E-state index is -0.0601. The molecule has 1 saturated heterocycles. The number of carbonyl (C=O) groups is 1. The molecule has 0 bridgehead atoms. The van der Waals surface area contributed by atoms with Crippen molar-refractivity contribution in [1.82, 2.24) is 24.8 Å². The quantitative estimate of drug-likeness (QED) is 0.548. The van der Waals surface area contributed by atoms with E-state index >= 15 is 0 Å². The summed E-state index contributed by atoms with van der Waals surface area (Å²) in [5, 5.41) is 0. The van der Waals surface area contributed by atoms with Crippen molar-refractivity contribution in [1.29, 1.82) is 0 Å². The molecule has 1 aromatic carbocycles. The minimum absolute atomic E-state index is 0.0601. The first-order valence-corrected chi connectivity index (χ1v) is 11.8. The third-order valence-corrected chi connectivity index (χ3v) is 6.30. The number of likely N-dealkylation sites (N-methyl/N-ethyl adjacent to an activating group) is 1. The molecule has 0 N–H and O–H groups in total. The molecule has 6 nitrogen and oxygen atoms in total. The lowest BCUT2D eigenvalue weighted by molar-refractivity contribution is -0.134. The Bertz CT molecular complexity index is 1030. The molecule has 1 fully saturated rings. The van der Waals surface area contributed by atoms with Gasteiger partial charge in [0.05, 0.1) is 5.92 Å². The van der Waals surface area contributed by atoms with Crippen LogP contribution in [-0.2, 0) is 17.8 Å². The maximum atomic E-state index is 13.3. The molecule has 0 saturated carbocycles. The van der Waals surface area contributed by atoms with Crippen molar-refractivity contribution in [3.8, 4) is 11.1 Å². The van der Waals surface area contributed by atoms with Gasteiger partial charge in [0.2, 0.25) is 5.91 Å². The lowest BCUT2D eigenvalue weighted by atomic mass is 9.95. The normalized spacial score (nSPS) is 17.4. The van der Waals surface area contributed by atoms with E-state index in [1.54, 1.807) is 0 Å². The zero-order valence-electron chi connectivity index (χ0n) is 19.8. The van der Waals surface area contributed by atoms with Gasteiger partial charge in [0.15, 0.2) is 0 Å². The van der Waals surface area contributed by atoms with E-state index in [0.29, 0.717) is 5.92 Å². The molecule has 3 aromatic rings. The van der Waals surface area contributed by atoms with Gasteiger partial charge in [-0.25, -0.2) is 9.97 Å². The van der Waals surface area contributed by atoms with Gasteiger partial charge in [0.1, 0.15) is 5.82 Å². The Hall–Kier alpha value is -3.12. The van der Waals surface area contributed by atoms with Gasteiger partial charge in [-0.2, -0.15) is 0 Å². The molecule has 1 aliphatic rings. The van der Waals surface area contributed by atoms with E-state index in [0.717, 1.165) is 61.7 Å². The number of benzene rings is 1. The van der Waals surface area contributed by atoms with E-state index in [1.165, 1.54) is 5.56 Å². The summed E-state index contributed by atoms with van der Waals surface area (Å²) in [5.41, 5.74) is 4.59. The van der Waals surface area contributed by atoms with Crippen LogP contribution < -0.4 is 0 Å². The first-order chi connectivity index (χ1) is 16.0. The van der Waals surface area contributed by atoms with Crippen molar-refractivity contribution >= 4 is 5.91 Å². The summed E-state index contributed by atoms with van der Waals surface area (Å²) in [6, 6.07) is 12.6. The monoisotopic (exact) mass is 443 g/mol. The standard InChI is InChI=1S/C27H33N5O/c1-4-32-14-13-31(18-22-16-29-26(20(2)3)30-17-22)19-25(27(32)33)15-21-5-7-23(8-6-21)24-9-11-28-12-10-24/h5-12,16-17,20,25H,4,13-15,18-19H2,1-3H3. The number of aromatic nitrogens is 3. The van der Waals surface area contributed by atoms with Gasteiger partial charge in [-0.3, -0.25) is 14.7 Å². The largest absolute Gasteiger partial charge is 0.341 e. The topological polar surface area (TPSA) is 62.2 Å². The third-order valence-electron chi connectivity index (χ3n) is 6.30. The van der Waals surface area contributed by atoms with Crippen LogP contribution in [0.25, 0.3) is 11.1 Å². The molecule has 3 heterocycles. The summed E-state index contributed by atoms with van der Waals surface area (Å²) < 4.78 is 0. The van der Waals surface area contributed by atoms with Gasteiger partial charge in [0, 0.05) is 69.0 Å². The maximum absolute atomic E-state index is 13.3. The molecule has 2 aromatic heterocycles. The Labute approximate surface area is 196 Å². The van der Waals surface area contributed by atoms with Crippen LogP contribution >= 0.6 is 0 Å². The highest BCUT2D eigenvalue weighted by atomic mass is 16.2. The summed E-state index contributed by atoms with van der Waals surface area (Å²) >= 11 is 0. The van der Waals surface area contributed by atoms with E-state index in [1.807, 2.05) is 41.8 Å². The summed E-state index contributed by atoms with van der Waals surface area (Å²) in [6.07, 6.45) is 8.22. The van der Waals surface area contributed by atoms with E-state index in [2.05, 4.69) is 64.9 Å². The highest BCUT2D eigenvalue weighted by Gasteiger charge is 2.29. The fraction of sp³-hybridized carbons (Fsp3) is 0.407. The maximum Gasteiger partial charge on any atom is 0.227 e. The van der Waals surface area contributed by atoms with Crippen molar-refractivity contribution in [3.05, 3.63) is 78.1 Å². The number of carbonyl (C=O) groups excluding carboxylic acids is 1. The van der Waals surface area contributed by atoms with Crippen LogP contribution in [0.15, 0.2) is 61.2 Å². The van der Waals surface area contributed by atoms with Gasteiger partial charge in [-0.15, -0.1) is 0 Å². The molecular formula is C27H33N5O. The van der Waals surface area contributed by atoms with Gasteiger partial charge >= 0.3 is 0 Å². The van der Waals surface area contributed by atoms with E-state index in [-0.39, 0.29) is 11.8 Å². The summed E-state index contributed by atoms with van der Waals surface area (Å²) in [4.78, 5) is 30.7. The molecular weight excluding hydrogens is 410 g/mol. The first kappa shape index (κ1) is 23.1. The zero-order valence-corrected chi connectivity index (χ0v) is 19.8. The molecule has 0 spiro atoms. The van der Waals surface area contributed by atoms with Gasteiger partial charge in [-0.05, 0) is 42.2 Å². The third kappa shape index (κ3) is 5.82. The Morgan fingerprint density at radius 3 is 2.24 bits per heavy atom. The number of hydrogen-bond acceptors (Lipinski definition) is 5. The predicted molar refractivity (Wildman–Crippen MR) is 131 cm³/mol. The second-order valence-corrected chi connectivity index (χ2v) is 9.09. The van der Waals surface area contributed by atoms with Gasteiger partial charge in [0.25, 0.3) is 0 Å². The molecule has 1 amide bonds. The molecule has 172 valence electrons. The first-order valence-electron chi connectivity index (χ1n) is 11.8. The molecule has 4 rings (SSSR count). The fourth-order valence-corrected chi connectivity index (χ4v) is 4.39. The van der Waals surface area contributed by atoms with Crippen molar-refractivity contribution in [2.45, 2.75) is 39.7 Å². The summed E-state index contributed by atoms with van der Waals surface area (Å²) in [5.74, 6) is 1.39. The average molecular weight is 444 g/mol. The minimum Gasteiger partial charge on any atom is -0.341 e. The van der Waals surface area contributed by atoms with E-state index in [9.17, 15) is 4.79 Å². The lowest BCUT2D eigenvalue weighted by Crippen LogP contribution is -2.37. The Morgan fingerprint density at radius 2 is 1.61 bits per heavy atom. The van der Waals surface area contributed by atoms with Crippen LogP contribution in [-0.4, -0.2) is 56.8 Å². The van der Waals surface area contributed by atoms with Crippen LogP contribution in [0.3, 0.4) is 0 Å². The Balaban J connectivity index is 1.47. The number of rotatable bonds is 7. The van der Waals surface area contributed by atoms with Crippen molar-refractivity contribution in [3.63, 3.8) is 0 Å². The summed E-state index contributed by atoms with van der Waals surface area (Å²) in [7, 11) is 0. The molecule has 33 heavy (non-hydrogen) atoms. The van der Waals surface area contributed by atoms with Crippen LogP contribution in [0, 0.1) is 5.92 Å². The van der Waals surface area contributed by atoms with Crippen molar-refractivity contribution < 1.29 is 4.79 Å². The average Bonchev–Trinajstić information content (AvgIpc) is 2.99. The second kappa shape index (κ2) is 10.7. The highest BCUT2D eigenvalue weighted by Crippen LogP contribution is 2.22. The highest BCUT2D eigenvalue weighted by molar-refractivity contribution is 5.79.